The molecule has 1 aromatic heterocycles. The van der Waals surface area contributed by atoms with Crippen molar-refractivity contribution < 1.29 is 0 Å². The standard InChI is InChI=1S/C17H21N3S/c1-2-15-14-11-21-16-6-4-3-5-13(16)17(14)20(19-15)12-7-9-18-10-8-12/h3-6,12,18H,2,7-11H2,1H3. The maximum absolute atomic E-state index is 5.01. The molecule has 2 aromatic rings. The fraction of sp³-hybridized carbons (Fsp3) is 0.471. The van der Waals surface area contributed by atoms with Gasteiger partial charge in [-0.3, -0.25) is 4.68 Å². The van der Waals surface area contributed by atoms with E-state index in [0.717, 1.165) is 25.3 Å². The van der Waals surface area contributed by atoms with E-state index in [9.17, 15) is 0 Å². The van der Waals surface area contributed by atoms with Crippen molar-refractivity contribution in [1.29, 1.82) is 0 Å². The number of piperidine rings is 1. The average molecular weight is 299 g/mol. The molecule has 0 bridgehead atoms. The number of fused-ring (bicyclic) bond motifs is 3. The van der Waals surface area contributed by atoms with Gasteiger partial charge in [-0.15, -0.1) is 11.8 Å². The van der Waals surface area contributed by atoms with Gasteiger partial charge in [0.25, 0.3) is 0 Å². The molecule has 1 fully saturated rings. The van der Waals surface area contributed by atoms with Crippen LogP contribution in [0.4, 0.5) is 0 Å². The lowest BCUT2D eigenvalue weighted by molar-refractivity contribution is 0.344. The predicted octanol–water partition coefficient (Wildman–Crippen LogP) is 3.64. The van der Waals surface area contributed by atoms with E-state index in [-0.39, 0.29) is 0 Å². The Labute approximate surface area is 130 Å². The summed E-state index contributed by atoms with van der Waals surface area (Å²) in [7, 11) is 0. The number of hydrogen-bond acceptors (Lipinski definition) is 3. The zero-order valence-electron chi connectivity index (χ0n) is 12.4. The van der Waals surface area contributed by atoms with Gasteiger partial charge in [0.05, 0.1) is 17.4 Å². The molecule has 2 aliphatic rings. The summed E-state index contributed by atoms with van der Waals surface area (Å²) in [6.07, 6.45) is 3.40. The molecule has 0 aliphatic carbocycles. The monoisotopic (exact) mass is 299 g/mol. The molecule has 0 amide bonds. The van der Waals surface area contributed by atoms with Gasteiger partial charge in [0.2, 0.25) is 0 Å². The molecular formula is C17H21N3S. The first-order chi connectivity index (χ1) is 10.4. The van der Waals surface area contributed by atoms with Crippen molar-refractivity contribution in [3.05, 3.63) is 35.5 Å². The maximum atomic E-state index is 5.01. The Morgan fingerprint density at radius 3 is 2.90 bits per heavy atom. The van der Waals surface area contributed by atoms with Gasteiger partial charge in [-0.25, -0.2) is 0 Å². The van der Waals surface area contributed by atoms with Crippen LogP contribution in [-0.4, -0.2) is 22.9 Å². The van der Waals surface area contributed by atoms with Crippen LogP contribution in [0.25, 0.3) is 11.3 Å². The first-order valence-corrected chi connectivity index (χ1v) is 8.90. The molecule has 0 saturated carbocycles. The summed E-state index contributed by atoms with van der Waals surface area (Å²) >= 11 is 1.96. The molecule has 4 rings (SSSR count). The number of thioether (sulfide) groups is 1. The third kappa shape index (κ3) is 2.21. The van der Waals surface area contributed by atoms with Crippen molar-refractivity contribution in [3.8, 4) is 11.3 Å². The second-order valence-corrected chi connectivity index (χ2v) is 6.86. The lowest BCUT2D eigenvalue weighted by atomic mass is 10.0. The highest BCUT2D eigenvalue weighted by Gasteiger charge is 2.28. The highest BCUT2D eigenvalue weighted by atomic mass is 32.2. The molecule has 0 radical (unpaired) electrons. The van der Waals surface area contributed by atoms with Gasteiger partial charge < -0.3 is 5.32 Å². The molecule has 1 aromatic carbocycles. The van der Waals surface area contributed by atoms with Gasteiger partial charge in [-0.1, -0.05) is 25.1 Å². The van der Waals surface area contributed by atoms with E-state index in [2.05, 4.69) is 41.2 Å². The molecule has 0 spiro atoms. The second-order valence-electron chi connectivity index (χ2n) is 5.84. The summed E-state index contributed by atoms with van der Waals surface area (Å²) in [5, 5.41) is 8.47. The topological polar surface area (TPSA) is 29.9 Å². The van der Waals surface area contributed by atoms with Crippen LogP contribution in [0, 0.1) is 0 Å². The summed E-state index contributed by atoms with van der Waals surface area (Å²) in [6.45, 7) is 4.44. The Bertz CT molecular complexity index is 656. The largest absolute Gasteiger partial charge is 0.317 e. The highest BCUT2D eigenvalue weighted by molar-refractivity contribution is 7.98. The van der Waals surface area contributed by atoms with Crippen LogP contribution in [0.2, 0.25) is 0 Å². The predicted molar refractivity (Wildman–Crippen MR) is 87.7 cm³/mol. The minimum absolute atomic E-state index is 0.552. The van der Waals surface area contributed by atoms with Crippen LogP contribution in [0.3, 0.4) is 0 Å². The number of nitrogens with zero attached hydrogens (tertiary/aromatic N) is 2. The van der Waals surface area contributed by atoms with Gasteiger partial charge in [-0.05, 0) is 38.4 Å². The number of benzene rings is 1. The average Bonchev–Trinajstić information content (AvgIpc) is 2.95. The van der Waals surface area contributed by atoms with Gasteiger partial charge >= 0.3 is 0 Å². The Balaban J connectivity index is 1.87. The van der Waals surface area contributed by atoms with E-state index < -0.39 is 0 Å². The van der Waals surface area contributed by atoms with Crippen LogP contribution in [0.5, 0.6) is 0 Å². The van der Waals surface area contributed by atoms with Crippen molar-refractivity contribution in [3.63, 3.8) is 0 Å². The van der Waals surface area contributed by atoms with Crippen molar-refractivity contribution in [2.45, 2.75) is 42.9 Å². The second kappa shape index (κ2) is 5.50. The third-order valence-electron chi connectivity index (χ3n) is 4.60. The molecule has 0 unspecified atom stereocenters. The first-order valence-electron chi connectivity index (χ1n) is 7.91. The van der Waals surface area contributed by atoms with Crippen LogP contribution in [0.1, 0.15) is 37.1 Å². The van der Waals surface area contributed by atoms with Crippen molar-refractivity contribution >= 4 is 11.8 Å². The molecule has 2 aliphatic heterocycles. The molecular weight excluding hydrogens is 278 g/mol. The first kappa shape index (κ1) is 13.4. The lowest BCUT2D eigenvalue weighted by Crippen LogP contribution is -2.30. The van der Waals surface area contributed by atoms with Crippen molar-refractivity contribution in [2.24, 2.45) is 0 Å². The third-order valence-corrected chi connectivity index (χ3v) is 5.70. The number of nitrogens with one attached hydrogen (secondary N) is 1. The molecule has 4 heteroatoms. The normalized spacial score (nSPS) is 18.3. The van der Waals surface area contributed by atoms with E-state index >= 15 is 0 Å². The summed E-state index contributed by atoms with van der Waals surface area (Å²) < 4.78 is 2.35. The molecule has 1 saturated heterocycles. The Hall–Kier alpha value is -1.26. The van der Waals surface area contributed by atoms with Gasteiger partial charge in [-0.2, -0.15) is 5.10 Å². The highest BCUT2D eigenvalue weighted by Crippen LogP contribution is 2.44. The molecule has 3 nitrogen and oxygen atoms in total. The zero-order chi connectivity index (χ0) is 14.2. The molecule has 21 heavy (non-hydrogen) atoms. The maximum Gasteiger partial charge on any atom is 0.0740 e. The van der Waals surface area contributed by atoms with Crippen LogP contribution in [-0.2, 0) is 12.2 Å². The summed E-state index contributed by atoms with van der Waals surface area (Å²) in [4.78, 5) is 1.41. The van der Waals surface area contributed by atoms with Crippen LogP contribution in [0.15, 0.2) is 29.2 Å². The number of aryl methyl sites for hydroxylation is 1. The quantitative estimate of drug-likeness (QED) is 0.918. The smallest absolute Gasteiger partial charge is 0.0740 e. The van der Waals surface area contributed by atoms with Gasteiger partial charge in [0.15, 0.2) is 0 Å². The summed E-state index contributed by atoms with van der Waals surface area (Å²) in [6, 6.07) is 9.35. The SMILES string of the molecule is CCc1nn(C2CCNCC2)c2c1CSc1ccccc1-2. The van der Waals surface area contributed by atoms with Crippen molar-refractivity contribution in [1.82, 2.24) is 15.1 Å². The number of rotatable bonds is 2. The zero-order valence-corrected chi connectivity index (χ0v) is 13.2. The molecule has 1 N–H and O–H groups in total. The fourth-order valence-corrected chi connectivity index (χ4v) is 4.59. The van der Waals surface area contributed by atoms with E-state index in [1.165, 1.54) is 40.3 Å². The summed E-state index contributed by atoms with van der Waals surface area (Å²) in [5.41, 5.74) is 5.55. The van der Waals surface area contributed by atoms with Crippen LogP contribution < -0.4 is 5.32 Å². The van der Waals surface area contributed by atoms with E-state index in [1.807, 2.05) is 11.8 Å². The fourth-order valence-electron chi connectivity index (χ4n) is 3.49. The van der Waals surface area contributed by atoms with E-state index in [4.69, 9.17) is 5.10 Å². The van der Waals surface area contributed by atoms with Crippen LogP contribution >= 0.6 is 11.8 Å². The lowest BCUT2D eigenvalue weighted by Gasteiger charge is -2.26. The minimum atomic E-state index is 0.552. The number of aromatic nitrogens is 2. The van der Waals surface area contributed by atoms with Gasteiger partial charge in [0.1, 0.15) is 0 Å². The Morgan fingerprint density at radius 2 is 2.10 bits per heavy atom. The summed E-state index contributed by atoms with van der Waals surface area (Å²) in [5.74, 6) is 1.07. The van der Waals surface area contributed by atoms with Crippen molar-refractivity contribution in [2.75, 3.05) is 13.1 Å². The molecule has 3 heterocycles. The van der Waals surface area contributed by atoms with Gasteiger partial charge in [0, 0.05) is 21.8 Å². The van der Waals surface area contributed by atoms with E-state index in [0.29, 0.717) is 6.04 Å². The molecule has 110 valence electrons. The Morgan fingerprint density at radius 1 is 1.29 bits per heavy atom. The Kier molecular flexibility index (Phi) is 3.51. The number of hydrogen-bond donors (Lipinski definition) is 1. The van der Waals surface area contributed by atoms with E-state index in [1.54, 1.807) is 0 Å². The molecule has 0 atom stereocenters. The minimum Gasteiger partial charge on any atom is -0.317 e.